The van der Waals surface area contributed by atoms with E-state index in [2.05, 4.69) is 10.3 Å². The lowest BCUT2D eigenvalue weighted by Crippen LogP contribution is -2.15. The van der Waals surface area contributed by atoms with Gasteiger partial charge in [-0.2, -0.15) is 0 Å². The Hall–Kier alpha value is -2.07. The molecule has 0 radical (unpaired) electrons. The van der Waals surface area contributed by atoms with Crippen LogP contribution in [-0.4, -0.2) is 10.9 Å². The van der Waals surface area contributed by atoms with Gasteiger partial charge in [-0.1, -0.05) is 17.7 Å². The Bertz CT molecular complexity index is 620. The molecule has 4 nitrogen and oxygen atoms in total. The Morgan fingerprint density at radius 1 is 1.26 bits per heavy atom. The van der Waals surface area contributed by atoms with Gasteiger partial charge in [-0.05, 0) is 43.2 Å². The fourth-order valence-electron chi connectivity index (χ4n) is 1.74. The third-order valence-electron chi connectivity index (χ3n) is 2.86. The zero-order valence-electron chi connectivity index (χ0n) is 10.7. The molecule has 1 aromatic carbocycles. The molecule has 0 saturated carbocycles. The number of anilines is 2. The monoisotopic (exact) mass is 275 g/mol. The van der Waals surface area contributed by atoms with Crippen LogP contribution in [0.1, 0.15) is 21.5 Å². The van der Waals surface area contributed by atoms with Crippen molar-refractivity contribution in [3.63, 3.8) is 0 Å². The van der Waals surface area contributed by atoms with Crippen molar-refractivity contribution in [2.75, 3.05) is 11.1 Å². The number of nitrogen functional groups attached to an aromatic ring is 1. The molecule has 0 fully saturated rings. The van der Waals surface area contributed by atoms with E-state index >= 15 is 0 Å². The Morgan fingerprint density at radius 3 is 2.68 bits per heavy atom. The van der Waals surface area contributed by atoms with Crippen LogP contribution in [0.5, 0.6) is 0 Å². The van der Waals surface area contributed by atoms with Crippen LogP contribution in [0.15, 0.2) is 30.5 Å². The van der Waals surface area contributed by atoms with E-state index in [1.807, 2.05) is 19.9 Å². The number of benzene rings is 1. The van der Waals surface area contributed by atoms with Gasteiger partial charge in [-0.15, -0.1) is 0 Å². The number of nitrogens with one attached hydrogen (secondary N) is 1. The zero-order chi connectivity index (χ0) is 14.0. The minimum Gasteiger partial charge on any atom is -0.399 e. The number of carbonyl (C=O) groups is 1. The van der Waals surface area contributed by atoms with Gasteiger partial charge in [0, 0.05) is 17.4 Å². The molecule has 2 rings (SSSR count). The van der Waals surface area contributed by atoms with Crippen LogP contribution in [0, 0.1) is 13.8 Å². The third kappa shape index (κ3) is 2.85. The van der Waals surface area contributed by atoms with Crippen LogP contribution in [0.3, 0.4) is 0 Å². The summed E-state index contributed by atoms with van der Waals surface area (Å²) in [7, 11) is 0. The molecule has 1 heterocycles. The smallest absolute Gasteiger partial charge is 0.256 e. The largest absolute Gasteiger partial charge is 0.399 e. The summed E-state index contributed by atoms with van der Waals surface area (Å²) < 4.78 is 0. The summed E-state index contributed by atoms with van der Waals surface area (Å²) in [5.74, 6) is -0.247. The molecule has 0 unspecified atom stereocenters. The van der Waals surface area contributed by atoms with Gasteiger partial charge < -0.3 is 11.1 Å². The number of rotatable bonds is 2. The number of nitrogens with two attached hydrogens (primary N) is 1. The second kappa shape index (κ2) is 5.28. The van der Waals surface area contributed by atoms with E-state index in [0.29, 0.717) is 16.9 Å². The molecular weight excluding hydrogens is 262 g/mol. The van der Waals surface area contributed by atoms with Crippen molar-refractivity contribution in [2.24, 2.45) is 0 Å². The molecule has 5 heteroatoms. The summed E-state index contributed by atoms with van der Waals surface area (Å²) in [4.78, 5) is 16.2. The lowest BCUT2D eigenvalue weighted by molar-refractivity contribution is 0.102. The van der Waals surface area contributed by atoms with Crippen molar-refractivity contribution in [1.29, 1.82) is 0 Å². The standard InChI is InChI=1S/C14H14ClN3O/c1-8-3-4-10(16)7-11(8)14(19)18-12-9(2)5-6-17-13(12)15/h3-7H,16H2,1-2H3,(H,18,19). The molecule has 2 aromatic rings. The average Bonchev–Trinajstić information content (AvgIpc) is 2.37. The molecular formula is C14H14ClN3O. The van der Waals surface area contributed by atoms with Gasteiger partial charge in [0.1, 0.15) is 0 Å². The summed E-state index contributed by atoms with van der Waals surface area (Å²) >= 11 is 5.98. The molecule has 98 valence electrons. The average molecular weight is 276 g/mol. The molecule has 0 bridgehead atoms. The number of amides is 1. The van der Waals surface area contributed by atoms with Gasteiger partial charge in [-0.25, -0.2) is 4.98 Å². The summed E-state index contributed by atoms with van der Waals surface area (Å²) in [5.41, 5.74) is 9.01. The minimum absolute atomic E-state index is 0.247. The van der Waals surface area contributed by atoms with Gasteiger partial charge in [-0.3, -0.25) is 4.79 Å². The van der Waals surface area contributed by atoms with E-state index in [0.717, 1.165) is 11.1 Å². The molecule has 0 saturated heterocycles. The third-order valence-corrected chi connectivity index (χ3v) is 3.14. The topological polar surface area (TPSA) is 68.0 Å². The maximum absolute atomic E-state index is 12.2. The first kappa shape index (κ1) is 13.4. The van der Waals surface area contributed by atoms with Crippen LogP contribution in [0.25, 0.3) is 0 Å². The summed E-state index contributed by atoms with van der Waals surface area (Å²) in [6.07, 6.45) is 1.60. The Morgan fingerprint density at radius 2 is 2.00 bits per heavy atom. The number of nitrogens with zero attached hydrogens (tertiary/aromatic N) is 1. The first-order valence-electron chi connectivity index (χ1n) is 5.77. The predicted octanol–water partition coefficient (Wildman–Crippen LogP) is 3.19. The predicted molar refractivity (Wildman–Crippen MR) is 77.5 cm³/mol. The van der Waals surface area contributed by atoms with E-state index < -0.39 is 0 Å². The number of aromatic nitrogens is 1. The molecule has 19 heavy (non-hydrogen) atoms. The summed E-state index contributed by atoms with van der Waals surface area (Å²) in [6.45, 7) is 3.71. The van der Waals surface area contributed by atoms with Crippen molar-refractivity contribution >= 4 is 28.9 Å². The molecule has 0 aliphatic carbocycles. The van der Waals surface area contributed by atoms with E-state index in [1.54, 1.807) is 24.4 Å². The molecule has 0 aliphatic rings. The minimum atomic E-state index is -0.247. The van der Waals surface area contributed by atoms with Crippen molar-refractivity contribution in [2.45, 2.75) is 13.8 Å². The van der Waals surface area contributed by atoms with Crippen LogP contribution >= 0.6 is 11.6 Å². The number of hydrogen-bond donors (Lipinski definition) is 2. The van der Waals surface area contributed by atoms with Gasteiger partial charge >= 0.3 is 0 Å². The second-order valence-electron chi connectivity index (χ2n) is 4.32. The fraction of sp³-hybridized carbons (Fsp3) is 0.143. The van der Waals surface area contributed by atoms with Gasteiger partial charge in [0.15, 0.2) is 5.15 Å². The Labute approximate surface area is 116 Å². The van der Waals surface area contributed by atoms with Crippen molar-refractivity contribution in [3.05, 3.63) is 52.3 Å². The maximum Gasteiger partial charge on any atom is 0.256 e. The van der Waals surface area contributed by atoms with Crippen molar-refractivity contribution in [1.82, 2.24) is 4.98 Å². The molecule has 1 amide bonds. The summed E-state index contributed by atoms with van der Waals surface area (Å²) in [6, 6.07) is 6.99. The Kier molecular flexibility index (Phi) is 3.71. The van der Waals surface area contributed by atoms with Crippen molar-refractivity contribution in [3.8, 4) is 0 Å². The first-order valence-corrected chi connectivity index (χ1v) is 6.15. The highest BCUT2D eigenvalue weighted by Crippen LogP contribution is 2.24. The second-order valence-corrected chi connectivity index (χ2v) is 4.68. The van der Waals surface area contributed by atoms with E-state index in [-0.39, 0.29) is 11.1 Å². The highest BCUT2D eigenvalue weighted by Gasteiger charge is 2.13. The van der Waals surface area contributed by atoms with Crippen LogP contribution < -0.4 is 11.1 Å². The number of pyridine rings is 1. The molecule has 0 aliphatic heterocycles. The van der Waals surface area contributed by atoms with Crippen LogP contribution in [0.4, 0.5) is 11.4 Å². The lowest BCUT2D eigenvalue weighted by atomic mass is 10.1. The van der Waals surface area contributed by atoms with E-state index in [1.165, 1.54) is 0 Å². The number of aryl methyl sites for hydroxylation is 2. The zero-order valence-corrected chi connectivity index (χ0v) is 11.5. The first-order chi connectivity index (χ1) is 8.99. The molecule has 0 atom stereocenters. The quantitative estimate of drug-likeness (QED) is 0.653. The normalized spacial score (nSPS) is 10.3. The Balaban J connectivity index is 2.34. The van der Waals surface area contributed by atoms with Gasteiger partial charge in [0.25, 0.3) is 5.91 Å². The fourth-order valence-corrected chi connectivity index (χ4v) is 1.99. The number of halogens is 1. The van der Waals surface area contributed by atoms with Gasteiger partial charge in [0.2, 0.25) is 0 Å². The molecule has 3 N–H and O–H groups in total. The SMILES string of the molecule is Cc1ccc(N)cc1C(=O)Nc1c(C)ccnc1Cl. The number of hydrogen-bond acceptors (Lipinski definition) is 3. The van der Waals surface area contributed by atoms with Crippen LogP contribution in [0.2, 0.25) is 5.15 Å². The maximum atomic E-state index is 12.2. The number of carbonyl (C=O) groups excluding carboxylic acids is 1. The van der Waals surface area contributed by atoms with Crippen LogP contribution in [-0.2, 0) is 0 Å². The molecule has 1 aromatic heterocycles. The van der Waals surface area contributed by atoms with Crippen molar-refractivity contribution < 1.29 is 4.79 Å². The van der Waals surface area contributed by atoms with Gasteiger partial charge in [0.05, 0.1) is 5.69 Å². The molecule has 0 spiro atoms. The summed E-state index contributed by atoms with van der Waals surface area (Å²) in [5, 5.41) is 3.05. The van der Waals surface area contributed by atoms with E-state index in [9.17, 15) is 4.79 Å². The highest BCUT2D eigenvalue weighted by atomic mass is 35.5. The van der Waals surface area contributed by atoms with E-state index in [4.69, 9.17) is 17.3 Å². The lowest BCUT2D eigenvalue weighted by Gasteiger charge is -2.11. The highest BCUT2D eigenvalue weighted by molar-refractivity contribution is 6.32.